The third kappa shape index (κ3) is 2.92. The van der Waals surface area contributed by atoms with Crippen LogP contribution < -0.4 is 19.9 Å². The van der Waals surface area contributed by atoms with Crippen LogP contribution in [-0.4, -0.2) is 26.2 Å². The SMILES string of the molecule is COc1cc(OCCBr)cc(OC)c1N. The van der Waals surface area contributed by atoms with Crippen molar-refractivity contribution in [3.05, 3.63) is 12.1 Å². The number of alkyl halides is 1. The van der Waals surface area contributed by atoms with Crippen LogP contribution in [0.5, 0.6) is 17.2 Å². The highest BCUT2D eigenvalue weighted by molar-refractivity contribution is 9.09. The molecule has 1 aromatic carbocycles. The summed E-state index contributed by atoms with van der Waals surface area (Å²) in [5, 5.41) is 0.766. The monoisotopic (exact) mass is 275 g/mol. The van der Waals surface area contributed by atoms with Gasteiger partial charge in [0, 0.05) is 17.5 Å². The summed E-state index contributed by atoms with van der Waals surface area (Å²) in [7, 11) is 3.11. The topological polar surface area (TPSA) is 53.7 Å². The van der Waals surface area contributed by atoms with Gasteiger partial charge in [0.05, 0.1) is 20.8 Å². The molecule has 0 unspecified atom stereocenters. The summed E-state index contributed by atoms with van der Waals surface area (Å²) in [6, 6.07) is 3.47. The van der Waals surface area contributed by atoms with Crippen LogP contribution in [0.1, 0.15) is 0 Å². The summed E-state index contributed by atoms with van der Waals surface area (Å²) < 4.78 is 15.7. The molecule has 0 aliphatic heterocycles. The number of methoxy groups -OCH3 is 2. The van der Waals surface area contributed by atoms with Crippen LogP contribution >= 0.6 is 15.9 Å². The highest BCUT2D eigenvalue weighted by Gasteiger charge is 2.09. The average Bonchev–Trinajstić information content (AvgIpc) is 2.27. The fourth-order valence-corrected chi connectivity index (χ4v) is 1.32. The molecular formula is C10H14BrNO3. The van der Waals surface area contributed by atoms with Crippen molar-refractivity contribution in [1.29, 1.82) is 0 Å². The molecular weight excluding hydrogens is 262 g/mol. The maximum atomic E-state index is 5.79. The van der Waals surface area contributed by atoms with E-state index in [9.17, 15) is 0 Å². The second-order valence-corrected chi connectivity index (χ2v) is 3.57. The fourth-order valence-electron chi connectivity index (χ4n) is 1.15. The van der Waals surface area contributed by atoms with Gasteiger partial charge in [0.25, 0.3) is 0 Å². The summed E-state index contributed by atoms with van der Waals surface area (Å²) in [6.45, 7) is 0.580. The molecule has 0 fully saturated rings. The van der Waals surface area contributed by atoms with E-state index in [0.29, 0.717) is 29.5 Å². The molecule has 0 aliphatic carbocycles. The van der Waals surface area contributed by atoms with E-state index in [1.54, 1.807) is 26.4 Å². The molecule has 0 radical (unpaired) electrons. The third-order valence-corrected chi connectivity index (χ3v) is 2.19. The van der Waals surface area contributed by atoms with E-state index >= 15 is 0 Å². The molecule has 0 amide bonds. The lowest BCUT2D eigenvalue weighted by Gasteiger charge is -2.12. The van der Waals surface area contributed by atoms with Gasteiger partial charge in [-0.2, -0.15) is 0 Å². The van der Waals surface area contributed by atoms with Crippen molar-refractivity contribution in [3.63, 3.8) is 0 Å². The number of nitrogen functional groups attached to an aromatic ring is 1. The Labute approximate surface area is 97.4 Å². The Kier molecular flexibility index (Phi) is 4.55. The van der Waals surface area contributed by atoms with Crippen molar-refractivity contribution in [2.45, 2.75) is 0 Å². The van der Waals surface area contributed by atoms with Crippen molar-refractivity contribution >= 4 is 21.6 Å². The molecule has 0 aromatic heterocycles. The van der Waals surface area contributed by atoms with Gasteiger partial charge in [0.15, 0.2) is 0 Å². The van der Waals surface area contributed by atoms with Crippen LogP contribution in [0.25, 0.3) is 0 Å². The van der Waals surface area contributed by atoms with Gasteiger partial charge < -0.3 is 19.9 Å². The van der Waals surface area contributed by atoms with Gasteiger partial charge >= 0.3 is 0 Å². The minimum Gasteiger partial charge on any atom is -0.494 e. The van der Waals surface area contributed by atoms with Crippen LogP contribution in [0.3, 0.4) is 0 Å². The van der Waals surface area contributed by atoms with Gasteiger partial charge in [-0.3, -0.25) is 0 Å². The molecule has 84 valence electrons. The average molecular weight is 276 g/mol. The summed E-state index contributed by atoms with van der Waals surface area (Å²) in [5.74, 6) is 1.79. The molecule has 0 heterocycles. The minimum atomic E-state index is 0.478. The third-order valence-electron chi connectivity index (χ3n) is 1.86. The molecule has 0 spiro atoms. The van der Waals surface area contributed by atoms with Gasteiger partial charge in [-0.1, -0.05) is 15.9 Å². The Morgan fingerprint density at radius 3 is 2.13 bits per heavy atom. The number of halogens is 1. The predicted molar refractivity (Wildman–Crippen MR) is 63.2 cm³/mol. The van der Waals surface area contributed by atoms with Crippen LogP contribution in [0.2, 0.25) is 0 Å². The Morgan fingerprint density at radius 2 is 1.73 bits per heavy atom. The largest absolute Gasteiger partial charge is 0.494 e. The van der Waals surface area contributed by atoms with Gasteiger partial charge in [-0.15, -0.1) is 0 Å². The Balaban J connectivity index is 2.98. The maximum absolute atomic E-state index is 5.79. The molecule has 0 saturated heterocycles. The minimum absolute atomic E-state index is 0.478. The maximum Gasteiger partial charge on any atom is 0.149 e. The first-order valence-corrected chi connectivity index (χ1v) is 5.55. The second-order valence-electron chi connectivity index (χ2n) is 2.78. The number of hydrogen-bond donors (Lipinski definition) is 1. The lowest BCUT2D eigenvalue weighted by molar-refractivity contribution is 0.335. The van der Waals surface area contributed by atoms with E-state index in [4.69, 9.17) is 19.9 Å². The molecule has 4 nitrogen and oxygen atoms in total. The Morgan fingerprint density at radius 1 is 1.20 bits per heavy atom. The van der Waals surface area contributed by atoms with Gasteiger partial charge in [0.2, 0.25) is 0 Å². The Hall–Kier alpha value is -1.10. The zero-order chi connectivity index (χ0) is 11.3. The molecule has 1 rings (SSSR count). The van der Waals surface area contributed by atoms with E-state index in [1.165, 1.54) is 0 Å². The van der Waals surface area contributed by atoms with E-state index in [0.717, 1.165) is 5.33 Å². The smallest absolute Gasteiger partial charge is 0.149 e. The number of nitrogens with two attached hydrogens (primary N) is 1. The highest BCUT2D eigenvalue weighted by atomic mass is 79.9. The van der Waals surface area contributed by atoms with Gasteiger partial charge in [-0.25, -0.2) is 0 Å². The number of hydrogen-bond acceptors (Lipinski definition) is 4. The fraction of sp³-hybridized carbons (Fsp3) is 0.400. The number of anilines is 1. The molecule has 0 atom stereocenters. The first-order chi connectivity index (χ1) is 7.22. The molecule has 0 saturated carbocycles. The van der Waals surface area contributed by atoms with Crippen LogP contribution in [-0.2, 0) is 0 Å². The van der Waals surface area contributed by atoms with Gasteiger partial charge in [-0.05, 0) is 0 Å². The standard InChI is InChI=1S/C10H14BrNO3/c1-13-8-5-7(15-4-3-11)6-9(14-2)10(8)12/h5-6H,3-4,12H2,1-2H3. The zero-order valence-corrected chi connectivity index (χ0v) is 10.3. The zero-order valence-electron chi connectivity index (χ0n) is 8.75. The van der Waals surface area contributed by atoms with Crippen molar-refractivity contribution in [3.8, 4) is 17.2 Å². The van der Waals surface area contributed by atoms with E-state index in [1.807, 2.05) is 0 Å². The van der Waals surface area contributed by atoms with Crippen molar-refractivity contribution < 1.29 is 14.2 Å². The predicted octanol–water partition coefficient (Wildman–Crippen LogP) is 2.06. The van der Waals surface area contributed by atoms with Crippen LogP contribution in [0.15, 0.2) is 12.1 Å². The van der Waals surface area contributed by atoms with Crippen molar-refractivity contribution in [2.24, 2.45) is 0 Å². The second kappa shape index (κ2) is 5.70. The quantitative estimate of drug-likeness (QED) is 0.660. The molecule has 1 aromatic rings. The van der Waals surface area contributed by atoms with E-state index < -0.39 is 0 Å². The Bertz CT molecular complexity index is 305. The molecule has 0 bridgehead atoms. The molecule has 15 heavy (non-hydrogen) atoms. The number of rotatable bonds is 5. The normalized spacial score (nSPS) is 9.80. The number of benzene rings is 1. The van der Waals surface area contributed by atoms with Crippen molar-refractivity contribution in [2.75, 3.05) is 31.9 Å². The molecule has 5 heteroatoms. The van der Waals surface area contributed by atoms with Crippen LogP contribution in [0.4, 0.5) is 5.69 Å². The summed E-state index contributed by atoms with van der Waals surface area (Å²) in [6.07, 6.45) is 0. The first-order valence-electron chi connectivity index (χ1n) is 4.43. The summed E-state index contributed by atoms with van der Waals surface area (Å²) in [4.78, 5) is 0. The summed E-state index contributed by atoms with van der Waals surface area (Å²) >= 11 is 3.28. The van der Waals surface area contributed by atoms with E-state index in [-0.39, 0.29) is 0 Å². The lowest BCUT2D eigenvalue weighted by atomic mass is 10.2. The van der Waals surface area contributed by atoms with Gasteiger partial charge in [0.1, 0.15) is 22.9 Å². The number of ether oxygens (including phenoxy) is 3. The van der Waals surface area contributed by atoms with E-state index in [2.05, 4.69) is 15.9 Å². The van der Waals surface area contributed by atoms with Crippen molar-refractivity contribution in [1.82, 2.24) is 0 Å². The molecule has 2 N–H and O–H groups in total. The summed E-state index contributed by atoms with van der Waals surface area (Å²) in [5.41, 5.74) is 6.27. The first kappa shape index (κ1) is 12.0. The molecule has 0 aliphatic rings. The van der Waals surface area contributed by atoms with Crippen LogP contribution in [0, 0.1) is 0 Å². The lowest BCUT2D eigenvalue weighted by Crippen LogP contribution is -2.01. The highest BCUT2D eigenvalue weighted by Crippen LogP contribution is 2.36.